The van der Waals surface area contributed by atoms with Gasteiger partial charge in [-0.2, -0.15) is 4.98 Å². The first-order chi connectivity index (χ1) is 10.5. The summed E-state index contributed by atoms with van der Waals surface area (Å²) < 4.78 is 21.0. The highest BCUT2D eigenvalue weighted by molar-refractivity contribution is 9.10. The molecule has 0 unspecified atom stereocenters. The molecule has 0 spiro atoms. The molecule has 6 nitrogen and oxygen atoms in total. The van der Waals surface area contributed by atoms with Crippen LogP contribution in [0.2, 0.25) is 5.02 Å². The standard InChI is InChI=1S/C13H9BrClFN4O2/c1-2-22-13-17-11-7(12(21)18-13)5-20(19-11)10-8(15)3-6(14)4-9(10)16/h3-5H,2H2,1H3,(H,17,18,19,21). The average Bonchev–Trinajstić information content (AvgIpc) is 2.82. The Kier molecular flexibility index (Phi) is 3.88. The second kappa shape index (κ2) is 5.69. The molecule has 0 amide bonds. The van der Waals surface area contributed by atoms with Crippen molar-refractivity contribution in [1.82, 2.24) is 19.7 Å². The zero-order valence-electron chi connectivity index (χ0n) is 11.2. The van der Waals surface area contributed by atoms with Gasteiger partial charge in [-0.05, 0) is 19.1 Å². The van der Waals surface area contributed by atoms with Crippen molar-refractivity contribution in [2.45, 2.75) is 6.92 Å². The highest BCUT2D eigenvalue weighted by Gasteiger charge is 2.16. The van der Waals surface area contributed by atoms with Crippen LogP contribution >= 0.6 is 27.5 Å². The van der Waals surface area contributed by atoms with E-state index in [1.165, 1.54) is 23.0 Å². The highest BCUT2D eigenvalue weighted by atomic mass is 79.9. The molecule has 9 heteroatoms. The van der Waals surface area contributed by atoms with Gasteiger partial charge >= 0.3 is 0 Å². The number of halogens is 3. The molecule has 3 aromatic rings. The van der Waals surface area contributed by atoms with Gasteiger partial charge in [-0.3, -0.25) is 9.78 Å². The molecule has 1 N–H and O–H groups in total. The lowest BCUT2D eigenvalue weighted by molar-refractivity contribution is 0.313. The van der Waals surface area contributed by atoms with Crippen molar-refractivity contribution in [3.05, 3.63) is 44.0 Å². The molecule has 2 aromatic heterocycles. The fourth-order valence-corrected chi connectivity index (χ4v) is 2.83. The number of benzene rings is 1. The van der Waals surface area contributed by atoms with Crippen LogP contribution in [-0.2, 0) is 0 Å². The number of aromatic amines is 1. The SMILES string of the molecule is CCOc1nc2nn(-c3c(F)cc(Br)cc3Cl)cc2c(=O)[nH]1. The van der Waals surface area contributed by atoms with Crippen LogP contribution in [0.1, 0.15) is 6.92 Å². The van der Waals surface area contributed by atoms with E-state index in [1.54, 1.807) is 6.92 Å². The number of rotatable bonds is 3. The normalized spacial score (nSPS) is 11.1. The first-order valence-corrected chi connectivity index (χ1v) is 7.44. The highest BCUT2D eigenvalue weighted by Crippen LogP contribution is 2.28. The number of nitrogens with one attached hydrogen (secondary N) is 1. The van der Waals surface area contributed by atoms with Gasteiger partial charge in [-0.25, -0.2) is 9.07 Å². The van der Waals surface area contributed by atoms with Crippen LogP contribution < -0.4 is 10.3 Å². The summed E-state index contributed by atoms with van der Waals surface area (Å²) in [4.78, 5) is 18.5. The molecule has 0 atom stereocenters. The van der Waals surface area contributed by atoms with Crippen LogP contribution in [0, 0.1) is 5.82 Å². The number of hydrogen-bond donors (Lipinski definition) is 1. The predicted molar refractivity (Wildman–Crippen MR) is 83.3 cm³/mol. The summed E-state index contributed by atoms with van der Waals surface area (Å²) in [6.07, 6.45) is 1.37. The molecule has 0 radical (unpaired) electrons. The number of ether oxygens (including phenoxy) is 1. The third kappa shape index (κ3) is 2.59. The maximum Gasteiger partial charge on any atom is 0.298 e. The molecule has 0 aliphatic rings. The minimum Gasteiger partial charge on any atom is -0.465 e. The number of H-pyrrole nitrogens is 1. The van der Waals surface area contributed by atoms with Crippen LogP contribution in [0.5, 0.6) is 6.01 Å². The third-order valence-electron chi connectivity index (χ3n) is 2.86. The summed E-state index contributed by atoms with van der Waals surface area (Å²) in [6.45, 7) is 2.11. The van der Waals surface area contributed by atoms with Gasteiger partial charge in [0.05, 0.1) is 11.6 Å². The van der Waals surface area contributed by atoms with Crippen molar-refractivity contribution in [1.29, 1.82) is 0 Å². The molecular formula is C13H9BrClFN4O2. The molecule has 0 fully saturated rings. The summed E-state index contributed by atoms with van der Waals surface area (Å²) in [5, 5.41) is 4.47. The van der Waals surface area contributed by atoms with Gasteiger partial charge in [0.25, 0.3) is 11.6 Å². The van der Waals surface area contributed by atoms with E-state index in [4.69, 9.17) is 16.3 Å². The van der Waals surface area contributed by atoms with E-state index in [2.05, 4.69) is 31.0 Å². The Labute approximate surface area is 137 Å². The zero-order valence-corrected chi connectivity index (χ0v) is 13.6. The zero-order chi connectivity index (χ0) is 15.9. The van der Waals surface area contributed by atoms with Gasteiger partial charge in [0.2, 0.25) is 0 Å². The smallest absolute Gasteiger partial charge is 0.298 e. The number of nitrogens with zero attached hydrogens (tertiary/aromatic N) is 3. The summed E-state index contributed by atoms with van der Waals surface area (Å²) in [5.74, 6) is -0.575. The fraction of sp³-hybridized carbons (Fsp3) is 0.154. The monoisotopic (exact) mass is 386 g/mol. The van der Waals surface area contributed by atoms with Crippen molar-refractivity contribution in [3.8, 4) is 11.7 Å². The minimum atomic E-state index is -0.575. The van der Waals surface area contributed by atoms with E-state index in [0.29, 0.717) is 11.1 Å². The first-order valence-electron chi connectivity index (χ1n) is 6.27. The molecule has 114 valence electrons. The third-order valence-corrected chi connectivity index (χ3v) is 3.61. The van der Waals surface area contributed by atoms with Crippen molar-refractivity contribution in [2.24, 2.45) is 0 Å². The first kappa shape index (κ1) is 15.0. The summed E-state index contributed by atoms with van der Waals surface area (Å²) in [5.41, 5.74) is -0.237. The van der Waals surface area contributed by atoms with E-state index < -0.39 is 11.4 Å². The minimum absolute atomic E-state index is 0.0419. The second-order valence-electron chi connectivity index (χ2n) is 4.33. The van der Waals surface area contributed by atoms with Crippen LogP contribution in [0.25, 0.3) is 16.7 Å². The van der Waals surface area contributed by atoms with E-state index in [0.717, 1.165) is 0 Å². The predicted octanol–water partition coefficient (Wildman–Crippen LogP) is 3.06. The van der Waals surface area contributed by atoms with Gasteiger partial charge in [0.15, 0.2) is 11.5 Å². The quantitative estimate of drug-likeness (QED) is 0.750. The Morgan fingerprint density at radius 1 is 1.50 bits per heavy atom. The van der Waals surface area contributed by atoms with Gasteiger partial charge in [-0.15, -0.1) is 5.10 Å². The topological polar surface area (TPSA) is 72.8 Å². The Morgan fingerprint density at radius 3 is 2.95 bits per heavy atom. The Hall–Kier alpha value is -1.93. The largest absolute Gasteiger partial charge is 0.465 e. The van der Waals surface area contributed by atoms with E-state index in [9.17, 15) is 9.18 Å². The van der Waals surface area contributed by atoms with Crippen molar-refractivity contribution >= 4 is 38.6 Å². The van der Waals surface area contributed by atoms with Gasteiger partial charge in [0, 0.05) is 10.7 Å². The Balaban J connectivity index is 2.21. The van der Waals surface area contributed by atoms with Gasteiger partial charge in [-0.1, -0.05) is 27.5 Å². The van der Waals surface area contributed by atoms with Crippen molar-refractivity contribution in [2.75, 3.05) is 6.61 Å². The summed E-state index contributed by atoms with van der Waals surface area (Å²) in [6, 6.07) is 2.86. The molecular weight excluding hydrogens is 379 g/mol. The molecule has 0 aliphatic heterocycles. The molecule has 3 rings (SSSR count). The Bertz CT molecular complexity index is 901. The van der Waals surface area contributed by atoms with Crippen LogP contribution in [-0.4, -0.2) is 26.4 Å². The summed E-state index contributed by atoms with van der Waals surface area (Å²) in [7, 11) is 0. The molecule has 2 heterocycles. The lowest BCUT2D eigenvalue weighted by Gasteiger charge is -2.05. The Morgan fingerprint density at radius 2 is 2.27 bits per heavy atom. The molecule has 0 aliphatic carbocycles. The number of hydrogen-bond acceptors (Lipinski definition) is 4. The van der Waals surface area contributed by atoms with Crippen LogP contribution in [0.3, 0.4) is 0 Å². The number of aromatic nitrogens is 4. The van der Waals surface area contributed by atoms with E-state index in [1.807, 2.05) is 0 Å². The second-order valence-corrected chi connectivity index (χ2v) is 5.66. The summed E-state index contributed by atoms with van der Waals surface area (Å²) >= 11 is 9.21. The molecule has 0 bridgehead atoms. The molecule has 22 heavy (non-hydrogen) atoms. The van der Waals surface area contributed by atoms with E-state index >= 15 is 0 Å². The van der Waals surface area contributed by atoms with Gasteiger partial charge in [0.1, 0.15) is 11.1 Å². The van der Waals surface area contributed by atoms with E-state index in [-0.39, 0.29) is 27.8 Å². The van der Waals surface area contributed by atoms with Crippen molar-refractivity contribution in [3.63, 3.8) is 0 Å². The van der Waals surface area contributed by atoms with Crippen LogP contribution in [0.15, 0.2) is 27.6 Å². The maximum absolute atomic E-state index is 14.1. The maximum atomic E-state index is 14.1. The molecule has 0 saturated heterocycles. The fourth-order valence-electron chi connectivity index (χ4n) is 1.97. The average molecular weight is 388 g/mol. The number of fused-ring (bicyclic) bond motifs is 1. The lowest BCUT2D eigenvalue weighted by atomic mass is 10.3. The van der Waals surface area contributed by atoms with Gasteiger partial charge < -0.3 is 4.74 Å². The lowest BCUT2D eigenvalue weighted by Crippen LogP contribution is -2.09. The molecule has 0 saturated carbocycles. The van der Waals surface area contributed by atoms with Crippen molar-refractivity contribution < 1.29 is 9.13 Å². The molecule has 1 aromatic carbocycles. The van der Waals surface area contributed by atoms with Crippen LogP contribution in [0.4, 0.5) is 4.39 Å².